The molecule has 184 valence electrons. The van der Waals surface area contributed by atoms with Crippen LogP contribution >= 0.6 is 23.5 Å². The quantitative estimate of drug-likeness (QED) is 0.178. The lowest BCUT2D eigenvalue weighted by atomic mass is 10.1. The summed E-state index contributed by atoms with van der Waals surface area (Å²) >= 11 is 2.67. The van der Waals surface area contributed by atoms with Crippen molar-refractivity contribution in [3.63, 3.8) is 0 Å². The second kappa shape index (κ2) is 11.3. The highest BCUT2D eigenvalue weighted by Gasteiger charge is 2.22. The Morgan fingerprint density at radius 1 is 1.00 bits per heavy atom. The molecule has 0 spiro atoms. The Bertz CT molecular complexity index is 1390. The molecule has 36 heavy (non-hydrogen) atoms. The minimum Gasteiger partial charge on any atom is -0.493 e. The summed E-state index contributed by atoms with van der Waals surface area (Å²) in [7, 11) is 6.34. The number of hydrogen-bond donors (Lipinski definition) is 0. The summed E-state index contributed by atoms with van der Waals surface area (Å²) in [6.07, 6.45) is 0. The van der Waals surface area contributed by atoms with Crippen molar-refractivity contribution in [2.45, 2.75) is 28.0 Å². The number of methoxy groups -OCH3 is 3. The van der Waals surface area contributed by atoms with Gasteiger partial charge in [-0.25, -0.2) is 14.6 Å². The van der Waals surface area contributed by atoms with Gasteiger partial charge in [-0.2, -0.15) is 5.26 Å². The molecule has 0 saturated carbocycles. The molecule has 4 rings (SSSR count). The average Bonchev–Trinajstić information content (AvgIpc) is 3.31. The van der Waals surface area contributed by atoms with E-state index in [0.717, 1.165) is 5.56 Å². The third kappa shape index (κ3) is 5.37. The van der Waals surface area contributed by atoms with E-state index in [1.54, 1.807) is 19.2 Å². The first-order valence-corrected chi connectivity index (χ1v) is 12.5. The summed E-state index contributed by atoms with van der Waals surface area (Å²) in [6.45, 7) is 2.05. The van der Waals surface area contributed by atoms with Gasteiger partial charge < -0.3 is 14.2 Å². The molecule has 0 atom stereocenters. The molecule has 2 aromatic heterocycles. The summed E-state index contributed by atoms with van der Waals surface area (Å²) in [5.74, 6) is 2.02. The second-order valence-electron chi connectivity index (χ2n) is 7.52. The first-order chi connectivity index (χ1) is 17.5. The fourth-order valence-electron chi connectivity index (χ4n) is 3.31. The summed E-state index contributed by atoms with van der Waals surface area (Å²) in [5.41, 5.74) is 3.69. The van der Waals surface area contributed by atoms with E-state index in [-0.39, 0.29) is 5.56 Å². The number of aryl methyl sites for hydroxylation is 2. The maximum Gasteiger partial charge on any atom is 0.215 e. The van der Waals surface area contributed by atoms with E-state index in [9.17, 15) is 5.26 Å². The zero-order chi connectivity index (χ0) is 25.7. The topological polar surface area (TPSA) is 121 Å². The average molecular weight is 522 g/mol. The molecule has 0 aliphatic carbocycles. The van der Waals surface area contributed by atoms with Crippen molar-refractivity contribution in [3.8, 4) is 34.6 Å². The Kier molecular flexibility index (Phi) is 7.92. The molecule has 2 heterocycles. The van der Waals surface area contributed by atoms with Gasteiger partial charge in [0.1, 0.15) is 16.7 Å². The zero-order valence-electron chi connectivity index (χ0n) is 20.3. The summed E-state index contributed by atoms with van der Waals surface area (Å²) in [6, 6.07) is 14.1. The van der Waals surface area contributed by atoms with Crippen molar-refractivity contribution in [1.82, 2.24) is 30.2 Å². The normalized spacial score (nSPS) is 10.7. The van der Waals surface area contributed by atoms with Crippen LogP contribution in [0.3, 0.4) is 0 Å². The van der Waals surface area contributed by atoms with E-state index < -0.39 is 0 Å². The Balaban J connectivity index is 1.84. The molecule has 0 amide bonds. The van der Waals surface area contributed by atoms with Crippen LogP contribution in [0.2, 0.25) is 0 Å². The van der Waals surface area contributed by atoms with Crippen molar-refractivity contribution in [3.05, 3.63) is 53.1 Å². The van der Waals surface area contributed by atoms with Crippen LogP contribution in [0.4, 0.5) is 0 Å². The number of nitriles is 1. The van der Waals surface area contributed by atoms with Crippen molar-refractivity contribution in [2.75, 3.05) is 21.3 Å². The highest BCUT2D eigenvalue weighted by atomic mass is 32.2. The number of benzene rings is 2. The van der Waals surface area contributed by atoms with Crippen LogP contribution in [0.1, 0.15) is 16.7 Å². The molecule has 0 aliphatic rings. The molecule has 0 N–H and O–H groups in total. The molecule has 0 fully saturated rings. The molecule has 4 aromatic rings. The van der Waals surface area contributed by atoms with Gasteiger partial charge in [-0.1, -0.05) is 41.6 Å². The number of tetrazole rings is 1. The van der Waals surface area contributed by atoms with Gasteiger partial charge in [0, 0.05) is 18.4 Å². The smallest absolute Gasteiger partial charge is 0.215 e. The zero-order valence-corrected chi connectivity index (χ0v) is 22.0. The second-order valence-corrected chi connectivity index (χ2v) is 9.42. The number of aromatic nitrogens is 6. The summed E-state index contributed by atoms with van der Waals surface area (Å²) < 4.78 is 18.0. The Morgan fingerprint density at radius 2 is 1.69 bits per heavy atom. The van der Waals surface area contributed by atoms with E-state index in [1.165, 1.54) is 55.1 Å². The molecular weight excluding hydrogens is 498 g/mol. The molecule has 0 saturated heterocycles. The van der Waals surface area contributed by atoms with Crippen LogP contribution in [-0.4, -0.2) is 51.5 Å². The molecule has 10 nitrogen and oxygen atoms in total. The van der Waals surface area contributed by atoms with Crippen LogP contribution < -0.4 is 14.2 Å². The Morgan fingerprint density at radius 3 is 2.25 bits per heavy atom. The van der Waals surface area contributed by atoms with Gasteiger partial charge in [0.25, 0.3) is 0 Å². The van der Waals surface area contributed by atoms with Crippen LogP contribution in [0.5, 0.6) is 17.2 Å². The summed E-state index contributed by atoms with van der Waals surface area (Å²) in [4.78, 5) is 9.46. The SMILES string of the molecule is COc1cc(-c2nc(SCc3ccc(C)cc3)nc(Sc3nnnn3C)c2C#N)cc(OC)c1OC. The minimum atomic E-state index is 0.289. The molecular formula is C24H23N7O3S2. The van der Waals surface area contributed by atoms with Crippen molar-refractivity contribution in [1.29, 1.82) is 5.26 Å². The van der Waals surface area contributed by atoms with Gasteiger partial charge in [0.2, 0.25) is 10.9 Å². The number of ether oxygens (including phenoxy) is 3. The third-order valence-electron chi connectivity index (χ3n) is 5.16. The first kappa shape index (κ1) is 25.3. The van der Waals surface area contributed by atoms with E-state index in [0.29, 0.717) is 49.6 Å². The van der Waals surface area contributed by atoms with Crippen molar-refractivity contribution >= 4 is 23.5 Å². The standard InChI is InChI=1S/C24H23N7O3S2/c1-14-6-8-15(9-7-14)13-35-23-26-20(16-10-18(32-3)21(34-5)19(11-16)33-4)17(12-25)22(27-23)36-24-28-29-30-31(24)2/h6-11H,13H2,1-5H3. The van der Waals surface area contributed by atoms with Crippen LogP contribution in [-0.2, 0) is 12.8 Å². The number of thioether (sulfide) groups is 1. The molecule has 0 bridgehead atoms. The van der Waals surface area contributed by atoms with E-state index in [1.807, 2.05) is 0 Å². The van der Waals surface area contributed by atoms with Gasteiger partial charge in [-0.05, 0) is 46.8 Å². The van der Waals surface area contributed by atoms with Gasteiger partial charge in [-0.3, -0.25) is 0 Å². The molecule has 0 radical (unpaired) electrons. The molecule has 0 unspecified atom stereocenters. The lowest BCUT2D eigenvalue weighted by molar-refractivity contribution is 0.324. The van der Waals surface area contributed by atoms with Crippen LogP contribution in [0.15, 0.2) is 51.7 Å². The fourth-order valence-corrected chi connectivity index (χ4v) is 4.97. The van der Waals surface area contributed by atoms with E-state index >= 15 is 0 Å². The Hall–Kier alpha value is -3.82. The number of hydrogen-bond acceptors (Lipinski definition) is 11. The van der Waals surface area contributed by atoms with Gasteiger partial charge in [0.05, 0.1) is 27.0 Å². The third-order valence-corrected chi connectivity index (χ3v) is 7.10. The summed E-state index contributed by atoms with van der Waals surface area (Å²) in [5, 5.41) is 23.2. The van der Waals surface area contributed by atoms with Gasteiger partial charge in [-0.15, -0.1) is 5.10 Å². The lowest BCUT2D eigenvalue weighted by Gasteiger charge is -2.15. The number of rotatable bonds is 9. The van der Waals surface area contributed by atoms with Crippen LogP contribution in [0, 0.1) is 18.3 Å². The van der Waals surface area contributed by atoms with Crippen molar-refractivity contribution in [2.24, 2.45) is 7.05 Å². The molecule has 0 aliphatic heterocycles. The fraction of sp³-hybridized carbons (Fsp3) is 0.250. The predicted octanol–water partition coefficient (Wildman–Crippen LogP) is 4.32. The van der Waals surface area contributed by atoms with Crippen LogP contribution in [0.25, 0.3) is 11.3 Å². The molecule has 12 heteroatoms. The lowest BCUT2D eigenvalue weighted by Crippen LogP contribution is -2.02. The van der Waals surface area contributed by atoms with Gasteiger partial charge >= 0.3 is 0 Å². The van der Waals surface area contributed by atoms with Crippen molar-refractivity contribution < 1.29 is 14.2 Å². The molecule has 2 aromatic carbocycles. The predicted molar refractivity (Wildman–Crippen MR) is 135 cm³/mol. The number of nitrogens with zero attached hydrogens (tertiary/aromatic N) is 7. The highest BCUT2D eigenvalue weighted by Crippen LogP contribution is 2.43. The maximum absolute atomic E-state index is 10.1. The maximum atomic E-state index is 10.1. The first-order valence-electron chi connectivity index (χ1n) is 10.7. The van der Waals surface area contributed by atoms with E-state index in [2.05, 4.69) is 52.8 Å². The Labute approximate surface area is 217 Å². The monoisotopic (exact) mass is 521 g/mol. The van der Waals surface area contributed by atoms with Gasteiger partial charge in [0.15, 0.2) is 16.7 Å². The van der Waals surface area contributed by atoms with E-state index in [4.69, 9.17) is 24.2 Å². The highest BCUT2D eigenvalue weighted by molar-refractivity contribution is 7.99. The minimum absolute atomic E-state index is 0.289. The largest absolute Gasteiger partial charge is 0.493 e.